The lowest BCUT2D eigenvalue weighted by atomic mass is 9.97. The van der Waals surface area contributed by atoms with Crippen LogP contribution in [0.15, 0.2) is 29.3 Å². The minimum absolute atomic E-state index is 0. The zero-order chi connectivity index (χ0) is 20.5. The van der Waals surface area contributed by atoms with E-state index in [1.54, 1.807) is 19.0 Å². The molecule has 6 nitrogen and oxygen atoms in total. The molecule has 1 aliphatic heterocycles. The Hall–Kier alpha value is -1.35. The van der Waals surface area contributed by atoms with E-state index in [9.17, 15) is 4.79 Å². The van der Waals surface area contributed by atoms with Crippen LogP contribution < -0.4 is 10.6 Å². The summed E-state index contributed by atoms with van der Waals surface area (Å²) in [5.41, 5.74) is 1.88. The van der Waals surface area contributed by atoms with Gasteiger partial charge in [0.1, 0.15) is 0 Å². The third kappa shape index (κ3) is 8.50. The van der Waals surface area contributed by atoms with Gasteiger partial charge in [0.2, 0.25) is 0 Å². The van der Waals surface area contributed by atoms with Crippen molar-refractivity contribution < 1.29 is 4.79 Å². The number of aliphatic imine (C=N–C) groups is 1. The van der Waals surface area contributed by atoms with Crippen LogP contribution in [-0.2, 0) is 6.42 Å². The first-order chi connectivity index (χ1) is 13.4. The Kier molecular flexibility index (Phi) is 11.6. The lowest BCUT2D eigenvalue weighted by molar-refractivity contribution is 0.0827. The number of halogens is 1. The Morgan fingerprint density at radius 3 is 2.72 bits per heavy atom. The number of amides is 1. The molecule has 0 spiro atoms. The molecule has 0 aliphatic carbocycles. The van der Waals surface area contributed by atoms with Gasteiger partial charge in [-0.15, -0.1) is 24.0 Å². The minimum Gasteiger partial charge on any atom is -0.356 e. The number of nitrogens with zero attached hydrogens (tertiary/aromatic N) is 3. The fourth-order valence-electron chi connectivity index (χ4n) is 3.64. The van der Waals surface area contributed by atoms with Crippen LogP contribution in [0.3, 0.4) is 0 Å². The van der Waals surface area contributed by atoms with E-state index >= 15 is 0 Å². The second-order valence-electron chi connectivity index (χ2n) is 8.13. The highest BCUT2D eigenvalue weighted by Crippen LogP contribution is 2.17. The lowest BCUT2D eigenvalue weighted by Gasteiger charge is -2.35. The summed E-state index contributed by atoms with van der Waals surface area (Å²) >= 11 is 0. The minimum atomic E-state index is 0. The monoisotopic (exact) mass is 515 g/mol. The first-order valence-corrected chi connectivity index (χ1v) is 10.4. The number of benzene rings is 1. The van der Waals surface area contributed by atoms with Crippen molar-refractivity contribution in [3.8, 4) is 0 Å². The van der Waals surface area contributed by atoms with Gasteiger partial charge in [0, 0.05) is 52.4 Å². The first kappa shape index (κ1) is 25.7. The van der Waals surface area contributed by atoms with Gasteiger partial charge in [-0.25, -0.2) is 0 Å². The summed E-state index contributed by atoms with van der Waals surface area (Å²) in [7, 11) is 5.37. The van der Waals surface area contributed by atoms with Gasteiger partial charge in [-0.05, 0) is 63.3 Å². The van der Waals surface area contributed by atoms with Crippen molar-refractivity contribution in [3.63, 3.8) is 0 Å². The summed E-state index contributed by atoms with van der Waals surface area (Å²) in [6, 6.07) is 8.47. The van der Waals surface area contributed by atoms with E-state index < -0.39 is 0 Å². The second kappa shape index (κ2) is 13.1. The van der Waals surface area contributed by atoms with Crippen molar-refractivity contribution in [2.75, 3.05) is 47.3 Å². The molecule has 7 heteroatoms. The predicted molar refractivity (Wildman–Crippen MR) is 132 cm³/mol. The Morgan fingerprint density at radius 1 is 1.31 bits per heavy atom. The molecule has 1 saturated heterocycles. The lowest BCUT2D eigenvalue weighted by Crippen LogP contribution is -2.46. The van der Waals surface area contributed by atoms with Crippen LogP contribution in [0.4, 0.5) is 0 Å². The summed E-state index contributed by atoms with van der Waals surface area (Å²) < 4.78 is 0. The molecule has 1 aliphatic rings. The number of hydrogen-bond acceptors (Lipinski definition) is 3. The molecule has 0 bridgehead atoms. The molecule has 2 rings (SSSR count). The highest BCUT2D eigenvalue weighted by Gasteiger charge is 2.21. The van der Waals surface area contributed by atoms with Crippen molar-refractivity contribution >= 4 is 35.8 Å². The van der Waals surface area contributed by atoms with Crippen molar-refractivity contribution in [1.29, 1.82) is 0 Å². The van der Waals surface area contributed by atoms with Gasteiger partial charge in [-0.2, -0.15) is 0 Å². The van der Waals surface area contributed by atoms with Crippen LogP contribution in [-0.4, -0.2) is 75.0 Å². The smallest absolute Gasteiger partial charge is 0.253 e. The molecule has 29 heavy (non-hydrogen) atoms. The maximum absolute atomic E-state index is 12.1. The quantitative estimate of drug-likeness (QED) is 0.333. The standard InChI is InChI=1S/C22H37N5O.HI/c1-17(2)27-13-7-9-19(16-27)15-25-22(23-3)24-12-11-18-8-6-10-20(14-18)21(28)26(4)5;/h6,8,10,14,17,19H,7,9,11-13,15-16H2,1-5H3,(H2,23,24,25);1H. The van der Waals surface area contributed by atoms with Crippen molar-refractivity contribution in [2.24, 2.45) is 10.9 Å². The largest absolute Gasteiger partial charge is 0.356 e. The first-order valence-electron chi connectivity index (χ1n) is 10.4. The van der Waals surface area contributed by atoms with Gasteiger partial charge in [-0.1, -0.05) is 12.1 Å². The normalized spacial score (nSPS) is 17.6. The van der Waals surface area contributed by atoms with E-state index in [2.05, 4.69) is 40.4 Å². The van der Waals surface area contributed by atoms with Crippen molar-refractivity contribution in [3.05, 3.63) is 35.4 Å². The third-order valence-corrected chi connectivity index (χ3v) is 5.35. The Morgan fingerprint density at radius 2 is 2.07 bits per heavy atom. The molecule has 1 aromatic rings. The van der Waals surface area contributed by atoms with Crippen molar-refractivity contribution in [2.45, 2.75) is 39.2 Å². The van der Waals surface area contributed by atoms with Crippen LogP contribution >= 0.6 is 24.0 Å². The number of carbonyl (C=O) groups is 1. The maximum atomic E-state index is 12.1. The molecule has 1 heterocycles. The summed E-state index contributed by atoms with van der Waals surface area (Å²) in [4.78, 5) is 20.6. The Bertz CT molecular complexity index is 662. The van der Waals surface area contributed by atoms with Crippen LogP contribution in [0, 0.1) is 5.92 Å². The molecule has 0 saturated carbocycles. The van der Waals surface area contributed by atoms with E-state index in [0.29, 0.717) is 12.0 Å². The molecule has 164 valence electrons. The highest BCUT2D eigenvalue weighted by atomic mass is 127. The SMILES string of the molecule is CN=C(NCCc1cccc(C(=O)N(C)C)c1)NCC1CCCN(C(C)C)C1.I. The average Bonchev–Trinajstić information content (AvgIpc) is 2.70. The summed E-state index contributed by atoms with van der Waals surface area (Å²) in [6.45, 7) is 8.66. The van der Waals surface area contributed by atoms with Crippen LogP contribution in [0.25, 0.3) is 0 Å². The molecular weight excluding hydrogens is 477 g/mol. The Balaban J connectivity index is 0.00000420. The summed E-state index contributed by atoms with van der Waals surface area (Å²) in [5, 5.41) is 6.87. The van der Waals surface area contributed by atoms with E-state index in [1.807, 2.05) is 25.2 Å². The number of rotatable bonds is 7. The molecular formula is C22H38IN5O. The topological polar surface area (TPSA) is 60.0 Å². The van der Waals surface area contributed by atoms with Gasteiger partial charge >= 0.3 is 0 Å². The van der Waals surface area contributed by atoms with E-state index in [0.717, 1.165) is 43.1 Å². The van der Waals surface area contributed by atoms with Gasteiger partial charge in [-0.3, -0.25) is 9.79 Å². The van der Waals surface area contributed by atoms with Gasteiger partial charge in [0.25, 0.3) is 5.91 Å². The average molecular weight is 515 g/mol. The number of hydrogen-bond donors (Lipinski definition) is 2. The molecule has 1 atom stereocenters. The van der Waals surface area contributed by atoms with E-state index in [-0.39, 0.29) is 29.9 Å². The highest BCUT2D eigenvalue weighted by molar-refractivity contribution is 14.0. The number of piperidine rings is 1. The van der Waals surface area contributed by atoms with E-state index in [1.165, 1.54) is 19.4 Å². The maximum Gasteiger partial charge on any atom is 0.253 e. The molecule has 1 fully saturated rings. The number of carbonyl (C=O) groups excluding carboxylic acids is 1. The fourth-order valence-corrected chi connectivity index (χ4v) is 3.64. The van der Waals surface area contributed by atoms with Crippen LogP contribution in [0.5, 0.6) is 0 Å². The van der Waals surface area contributed by atoms with Gasteiger partial charge in [0.15, 0.2) is 5.96 Å². The molecule has 0 radical (unpaired) electrons. The summed E-state index contributed by atoms with van der Waals surface area (Å²) in [6.07, 6.45) is 3.40. The Labute approximate surface area is 193 Å². The number of likely N-dealkylation sites (tertiary alicyclic amines) is 1. The van der Waals surface area contributed by atoms with Crippen molar-refractivity contribution in [1.82, 2.24) is 20.4 Å². The number of nitrogens with one attached hydrogen (secondary N) is 2. The van der Waals surface area contributed by atoms with Crippen LogP contribution in [0.1, 0.15) is 42.6 Å². The summed E-state index contributed by atoms with van der Waals surface area (Å²) in [5.74, 6) is 1.56. The molecule has 1 unspecified atom stereocenters. The zero-order valence-corrected chi connectivity index (χ0v) is 20.9. The fraction of sp³-hybridized carbons (Fsp3) is 0.636. The van der Waals surface area contributed by atoms with Crippen LogP contribution in [0.2, 0.25) is 0 Å². The van der Waals surface area contributed by atoms with E-state index in [4.69, 9.17) is 0 Å². The second-order valence-corrected chi connectivity index (χ2v) is 8.13. The molecule has 1 amide bonds. The van der Waals surface area contributed by atoms with Gasteiger partial charge in [0.05, 0.1) is 0 Å². The predicted octanol–water partition coefficient (Wildman–Crippen LogP) is 2.83. The molecule has 0 aromatic heterocycles. The number of guanidine groups is 1. The molecule has 2 N–H and O–H groups in total. The van der Waals surface area contributed by atoms with Gasteiger partial charge < -0.3 is 20.4 Å². The molecule has 1 aromatic carbocycles. The third-order valence-electron chi connectivity index (χ3n) is 5.35. The zero-order valence-electron chi connectivity index (χ0n) is 18.6.